The van der Waals surface area contributed by atoms with Gasteiger partial charge in [-0.15, -0.1) is 11.6 Å². The second-order valence-corrected chi connectivity index (χ2v) is 6.72. The number of hydrogen-bond donors (Lipinski definition) is 0. The predicted octanol–water partition coefficient (Wildman–Crippen LogP) is 2.59. The summed E-state index contributed by atoms with van der Waals surface area (Å²) in [5.74, 6) is 0.739. The molecule has 0 aliphatic carbocycles. The molecule has 1 aliphatic rings. The highest BCUT2D eigenvalue weighted by Gasteiger charge is 2.33. The van der Waals surface area contributed by atoms with E-state index in [1.165, 1.54) is 10.4 Å². The monoisotopic (exact) mass is 293 g/mol. The van der Waals surface area contributed by atoms with Crippen LogP contribution in [-0.2, 0) is 10.0 Å². The Hall–Kier alpha value is -0.290. The molecule has 2 rings (SSSR count). The van der Waals surface area contributed by atoms with Gasteiger partial charge in [-0.05, 0) is 24.5 Å². The molecule has 0 amide bonds. The quantitative estimate of drug-likeness (QED) is 0.804. The lowest BCUT2D eigenvalue weighted by molar-refractivity contribution is 0.465. The summed E-state index contributed by atoms with van der Waals surface area (Å²) >= 11 is 11.7. The highest BCUT2D eigenvalue weighted by atomic mass is 35.5. The molecule has 1 aliphatic heterocycles. The van der Waals surface area contributed by atoms with Gasteiger partial charge in [0.15, 0.2) is 0 Å². The lowest BCUT2D eigenvalue weighted by Crippen LogP contribution is -2.29. The molecule has 1 unspecified atom stereocenters. The number of alkyl halides is 1. The first-order valence-corrected chi connectivity index (χ1v) is 7.71. The zero-order valence-corrected chi connectivity index (χ0v) is 11.5. The Morgan fingerprint density at radius 1 is 1.35 bits per heavy atom. The van der Waals surface area contributed by atoms with Crippen molar-refractivity contribution >= 4 is 33.2 Å². The lowest BCUT2D eigenvalue weighted by atomic mass is 10.2. The molecular weight excluding hydrogens is 281 g/mol. The molecule has 1 fully saturated rings. The van der Waals surface area contributed by atoms with Crippen molar-refractivity contribution in [2.24, 2.45) is 5.92 Å². The highest BCUT2D eigenvalue weighted by Crippen LogP contribution is 2.28. The largest absolute Gasteiger partial charge is 0.244 e. The summed E-state index contributed by atoms with van der Waals surface area (Å²) < 4.78 is 26.1. The molecule has 0 bridgehead atoms. The van der Waals surface area contributed by atoms with Gasteiger partial charge in [0.05, 0.1) is 5.02 Å². The molecule has 0 saturated carbocycles. The van der Waals surface area contributed by atoms with Crippen LogP contribution in [-0.4, -0.2) is 31.7 Å². The average molecular weight is 294 g/mol. The number of hydrogen-bond acceptors (Lipinski definition) is 2. The van der Waals surface area contributed by atoms with Crippen LogP contribution in [0.3, 0.4) is 0 Å². The van der Waals surface area contributed by atoms with Gasteiger partial charge >= 0.3 is 0 Å². The van der Waals surface area contributed by atoms with Crippen LogP contribution in [0.25, 0.3) is 0 Å². The lowest BCUT2D eigenvalue weighted by Gasteiger charge is -2.16. The Morgan fingerprint density at radius 2 is 2.06 bits per heavy atom. The predicted molar refractivity (Wildman–Crippen MR) is 69.0 cm³/mol. The van der Waals surface area contributed by atoms with E-state index in [4.69, 9.17) is 23.2 Å². The van der Waals surface area contributed by atoms with Crippen LogP contribution in [0.5, 0.6) is 0 Å². The van der Waals surface area contributed by atoms with E-state index in [1.54, 1.807) is 18.2 Å². The number of benzene rings is 1. The van der Waals surface area contributed by atoms with Gasteiger partial charge in [0.1, 0.15) is 4.90 Å². The Morgan fingerprint density at radius 3 is 2.65 bits per heavy atom. The van der Waals surface area contributed by atoms with Gasteiger partial charge in [0, 0.05) is 19.0 Å². The van der Waals surface area contributed by atoms with E-state index in [9.17, 15) is 8.42 Å². The van der Waals surface area contributed by atoms with Crippen LogP contribution in [0.1, 0.15) is 6.42 Å². The van der Waals surface area contributed by atoms with Gasteiger partial charge in [-0.2, -0.15) is 4.31 Å². The number of halogens is 2. The molecule has 1 atom stereocenters. The van der Waals surface area contributed by atoms with E-state index >= 15 is 0 Å². The molecule has 3 nitrogen and oxygen atoms in total. The third-order valence-corrected chi connectivity index (χ3v) is 5.72. The zero-order chi connectivity index (χ0) is 12.5. The average Bonchev–Trinajstić information content (AvgIpc) is 2.78. The standard InChI is InChI=1S/C11H13Cl2NO2S/c12-7-9-5-6-14(8-9)17(15,16)11-4-2-1-3-10(11)13/h1-4,9H,5-8H2. The van der Waals surface area contributed by atoms with E-state index in [-0.39, 0.29) is 15.8 Å². The minimum atomic E-state index is -3.47. The van der Waals surface area contributed by atoms with Crippen molar-refractivity contribution in [1.82, 2.24) is 4.31 Å². The van der Waals surface area contributed by atoms with Crippen LogP contribution in [0.15, 0.2) is 29.2 Å². The molecule has 17 heavy (non-hydrogen) atoms. The Balaban J connectivity index is 2.29. The summed E-state index contributed by atoms with van der Waals surface area (Å²) in [6.45, 7) is 1.00. The summed E-state index contributed by atoms with van der Waals surface area (Å²) in [6.07, 6.45) is 0.813. The minimum absolute atomic E-state index is 0.178. The summed E-state index contributed by atoms with van der Waals surface area (Å²) in [4.78, 5) is 0.178. The highest BCUT2D eigenvalue weighted by molar-refractivity contribution is 7.89. The third-order valence-electron chi connectivity index (χ3n) is 2.92. The molecule has 1 aromatic carbocycles. The van der Waals surface area contributed by atoms with E-state index in [1.807, 2.05) is 0 Å². The van der Waals surface area contributed by atoms with Gasteiger partial charge in [0.25, 0.3) is 0 Å². The summed E-state index contributed by atoms with van der Waals surface area (Å²) in [5, 5.41) is 0.266. The number of nitrogens with zero attached hydrogens (tertiary/aromatic N) is 1. The molecule has 1 saturated heterocycles. The summed E-state index contributed by atoms with van der Waals surface area (Å²) in [7, 11) is -3.47. The second-order valence-electron chi connectivity index (χ2n) is 4.10. The van der Waals surface area contributed by atoms with Gasteiger partial charge < -0.3 is 0 Å². The maximum Gasteiger partial charge on any atom is 0.244 e. The minimum Gasteiger partial charge on any atom is -0.207 e. The van der Waals surface area contributed by atoms with Crippen molar-refractivity contribution in [2.75, 3.05) is 19.0 Å². The smallest absolute Gasteiger partial charge is 0.207 e. The van der Waals surface area contributed by atoms with E-state index in [0.717, 1.165) is 6.42 Å². The molecule has 94 valence electrons. The molecule has 0 aromatic heterocycles. The van der Waals surface area contributed by atoms with E-state index in [0.29, 0.717) is 19.0 Å². The summed E-state index contributed by atoms with van der Waals surface area (Å²) in [5.41, 5.74) is 0. The van der Waals surface area contributed by atoms with Crippen molar-refractivity contribution in [3.05, 3.63) is 29.3 Å². The van der Waals surface area contributed by atoms with Gasteiger partial charge in [-0.25, -0.2) is 8.42 Å². The van der Waals surface area contributed by atoms with Crippen LogP contribution >= 0.6 is 23.2 Å². The third kappa shape index (κ3) is 2.60. The molecule has 0 radical (unpaired) electrons. The topological polar surface area (TPSA) is 37.4 Å². The van der Waals surface area contributed by atoms with Crippen LogP contribution in [0.2, 0.25) is 5.02 Å². The van der Waals surface area contributed by atoms with Crippen LogP contribution < -0.4 is 0 Å². The first-order chi connectivity index (χ1) is 8.05. The van der Waals surface area contributed by atoms with Crippen molar-refractivity contribution in [1.29, 1.82) is 0 Å². The molecule has 0 N–H and O–H groups in total. The fraction of sp³-hybridized carbons (Fsp3) is 0.455. The van der Waals surface area contributed by atoms with Crippen LogP contribution in [0.4, 0.5) is 0 Å². The molecular formula is C11H13Cl2NO2S. The first kappa shape index (κ1) is 13.1. The molecule has 1 heterocycles. The maximum atomic E-state index is 12.3. The number of rotatable bonds is 3. The fourth-order valence-electron chi connectivity index (χ4n) is 1.93. The van der Waals surface area contributed by atoms with Gasteiger partial charge in [0.2, 0.25) is 10.0 Å². The molecule has 1 aromatic rings. The van der Waals surface area contributed by atoms with Gasteiger partial charge in [-0.1, -0.05) is 23.7 Å². The molecule has 0 spiro atoms. The van der Waals surface area contributed by atoms with E-state index in [2.05, 4.69) is 0 Å². The fourth-order valence-corrected chi connectivity index (χ4v) is 4.21. The van der Waals surface area contributed by atoms with Crippen LogP contribution in [0, 0.1) is 5.92 Å². The summed E-state index contributed by atoms with van der Waals surface area (Å²) in [6, 6.07) is 6.51. The first-order valence-electron chi connectivity index (χ1n) is 5.36. The normalized spacial score (nSPS) is 21.9. The number of sulfonamides is 1. The zero-order valence-electron chi connectivity index (χ0n) is 9.14. The maximum absolute atomic E-state index is 12.3. The van der Waals surface area contributed by atoms with Crippen molar-refractivity contribution in [3.8, 4) is 0 Å². The van der Waals surface area contributed by atoms with Gasteiger partial charge in [-0.3, -0.25) is 0 Å². The second kappa shape index (κ2) is 5.14. The Bertz CT molecular complexity index is 504. The molecule has 6 heteroatoms. The van der Waals surface area contributed by atoms with Crippen molar-refractivity contribution in [3.63, 3.8) is 0 Å². The van der Waals surface area contributed by atoms with E-state index < -0.39 is 10.0 Å². The van der Waals surface area contributed by atoms with Crippen molar-refractivity contribution in [2.45, 2.75) is 11.3 Å². The Kier molecular flexibility index (Phi) is 3.98. The Labute approximate surface area is 111 Å². The SMILES string of the molecule is O=S(=O)(c1ccccc1Cl)N1CCC(CCl)C1. The van der Waals surface area contributed by atoms with Crippen molar-refractivity contribution < 1.29 is 8.42 Å².